The molecule has 102 valence electrons. The Balaban J connectivity index is 1.73. The molecule has 0 amide bonds. The van der Waals surface area contributed by atoms with E-state index in [2.05, 4.69) is 47.0 Å². The van der Waals surface area contributed by atoms with Crippen LogP contribution < -0.4 is 5.32 Å². The van der Waals surface area contributed by atoms with Crippen molar-refractivity contribution in [3.63, 3.8) is 0 Å². The van der Waals surface area contributed by atoms with Crippen molar-refractivity contribution in [3.05, 3.63) is 33.8 Å². The first-order valence-electron chi connectivity index (χ1n) is 7.07. The summed E-state index contributed by atoms with van der Waals surface area (Å²) in [7, 11) is 0. The summed E-state index contributed by atoms with van der Waals surface area (Å²) in [6, 6.07) is 5.02. The van der Waals surface area contributed by atoms with Crippen LogP contribution in [0.2, 0.25) is 0 Å². The molecular formula is C15H21N3S. The zero-order chi connectivity index (χ0) is 13.2. The number of hydrogen-bond donors (Lipinski definition) is 1. The van der Waals surface area contributed by atoms with E-state index in [9.17, 15) is 0 Å². The van der Waals surface area contributed by atoms with Gasteiger partial charge < -0.3 is 9.88 Å². The van der Waals surface area contributed by atoms with Gasteiger partial charge in [-0.05, 0) is 38.8 Å². The highest BCUT2D eigenvalue weighted by Gasteiger charge is 2.20. The predicted molar refractivity (Wildman–Crippen MR) is 80.9 cm³/mol. The highest BCUT2D eigenvalue weighted by Crippen LogP contribution is 2.32. The van der Waals surface area contributed by atoms with Crippen LogP contribution in [-0.2, 0) is 6.54 Å². The Labute approximate surface area is 118 Å². The van der Waals surface area contributed by atoms with Gasteiger partial charge in [-0.2, -0.15) is 0 Å². The SMILES string of the molecule is Cc1cn(C2CCCC2)c(NCc2ccc(C)s2)n1. The molecule has 0 spiro atoms. The van der Waals surface area contributed by atoms with E-state index < -0.39 is 0 Å². The van der Waals surface area contributed by atoms with Gasteiger partial charge in [0.1, 0.15) is 0 Å². The lowest BCUT2D eigenvalue weighted by Gasteiger charge is -2.15. The number of nitrogens with one attached hydrogen (secondary N) is 1. The molecule has 0 saturated heterocycles. The zero-order valence-corrected chi connectivity index (χ0v) is 12.5. The molecule has 3 nitrogen and oxygen atoms in total. The van der Waals surface area contributed by atoms with E-state index in [1.54, 1.807) is 0 Å². The topological polar surface area (TPSA) is 29.9 Å². The van der Waals surface area contributed by atoms with Crippen molar-refractivity contribution in [2.45, 2.75) is 52.1 Å². The molecule has 2 aromatic rings. The van der Waals surface area contributed by atoms with E-state index in [4.69, 9.17) is 0 Å². The van der Waals surface area contributed by atoms with Crippen molar-refractivity contribution in [2.24, 2.45) is 0 Å². The molecule has 0 unspecified atom stereocenters. The second kappa shape index (κ2) is 5.37. The summed E-state index contributed by atoms with van der Waals surface area (Å²) < 4.78 is 2.35. The first-order chi connectivity index (χ1) is 9.22. The van der Waals surface area contributed by atoms with Gasteiger partial charge in [0.2, 0.25) is 5.95 Å². The summed E-state index contributed by atoms with van der Waals surface area (Å²) in [4.78, 5) is 7.37. The van der Waals surface area contributed by atoms with Crippen LogP contribution in [0.1, 0.15) is 47.2 Å². The Kier molecular flexibility index (Phi) is 3.60. The summed E-state index contributed by atoms with van der Waals surface area (Å²) in [5.74, 6) is 1.04. The molecule has 1 saturated carbocycles. The average molecular weight is 275 g/mol. The highest BCUT2D eigenvalue weighted by molar-refractivity contribution is 7.11. The lowest BCUT2D eigenvalue weighted by molar-refractivity contribution is 0.522. The predicted octanol–water partition coefficient (Wildman–Crippen LogP) is 4.29. The van der Waals surface area contributed by atoms with Gasteiger partial charge in [-0.1, -0.05) is 12.8 Å². The molecule has 1 N–H and O–H groups in total. The third-order valence-corrected chi connectivity index (χ3v) is 4.79. The summed E-state index contributed by atoms with van der Waals surface area (Å²) in [5.41, 5.74) is 1.11. The van der Waals surface area contributed by atoms with Crippen molar-refractivity contribution in [2.75, 3.05) is 5.32 Å². The van der Waals surface area contributed by atoms with E-state index in [1.807, 2.05) is 11.3 Å². The van der Waals surface area contributed by atoms with Gasteiger partial charge in [0.15, 0.2) is 0 Å². The van der Waals surface area contributed by atoms with Gasteiger partial charge >= 0.3 is 0 Å². The Hall–Kier alpha value is -1.29. The molecule has 19 heavy (non-hydrogen) atoms. The summed E-state index contributed by atoms with van der Waals surface area (Å²) in [5, 5.41) is 3.50. The molecule has 1 aliphatic rings. The van der Waals surface area contributed by atoms with Crippen LogP contribution in [0.3, 0.4) is 0 Å². The fraction of sp³-hybridized carbons (Fsp3) is 0.533. The number of aryl methyl sites for hydroxylation is 2. The van der Waals surface area contributed by atoms with E-state index in [1.165, 1.54) is 35.4 Å². The molecule has 2 heterocycles. The minimum absolute atomic E-state index is 0.647. The van der Waals surface area contributed by atoms with E-state index in [0.29, 0.717) is 6.04 Å². The Morgan fingerprint density at radius 2 is 2.11 bits per heavy atom. The van der Waals surface area contributed by atoms with E-state index in [-0.39, 0.29) is 0 Å². The maximum absolute atomic E-state index is 4.63. The lowest BCUT2D eigenvalue weighted by atomic mass is 10.2. The summed E-state index contributed by atoms with van der Waals surface area (Å²) in [6.45, 7) is 5.10. The lowest BCUT2D eigenvalue weighted by Crippen LogP contribution is -2.10. The van der Waals surface area contributed by atoms with Crippen LogP contribution in [0.5, 0.6) is 0 Å². The fourth-order valence-corrected chi connectivity index (χ4v) is 3.68. The summed E-state index contributed by atoms with van der Waals surface area (Å²) >= 11 is 1.85. The van der Waals surface area contributed by atoms with Crippen molar-refractivity contribution in [1.82, 2.24) is 9.55 Å². The zero-order valence-electron chi connectivity index (χ0n) is 11.6. The fourth-order valence-electron chi connectivity index (χ4n) is 2.85. The number of thiophene rings is 1. The molecule has 3 rings (SSSR count). The second-order valence-electron chi connectivity index (χ2n) is 5.42. The molecule has 0 aliphatic heterocycles. The van der Waals surface area contributed by atoms with Gasteiger partial charge in [-0.3, -0.25) is 0 Å². The highest BCUT2D eigenvalue weighted by atomic mass is 32.1. The normalized spacial score (nSPS) is 16.1. The number of anilines is 1. The van der Waals surface area contributed by atoms with Crippen LogP contribution >= 0.6 is 11.3 Å². The molecule has 4 heteroatoms. The minimum atomic E-state index is 0.647. The van der Waals surface area contributed by atoms with Gasteiger partial charge in [0, 0.05) is 22.0 Å². The minimum Gasteiger partial charge on any atom is -0.351 e. The van der Waals surface area contributed by atoms with Crippen LogP contribution in [0.25, 0.3) is 0 Å². The van der Waals surface area contributed by atoms with Crippen LogP contribution in [0.15, 0.2) is 18.3 Å². The Morgan fingerprint density at radius 1 is 1.32 bits per heavy atom. The van der Waals surface area contributed by atoms with Gasteiger partial charge in [0.25, 0.3) is 0 Å². The maximum Gasteiger partial charge on any atom is 0.203 e. The number of rotatable bonds is 4. The number of hydrogen-bond acceptors (Lipinski definition) is 3. The van der Waals surface area contributed by atoms with E-state index in [0.717, 1.165) is 18.2 Å². The molecule has 1 fully saturated rings. The molecular weight excluding hydrogens is 254 g/mol. The molecule has 0 radical (unpaired) electrons. The monoisotopic (exact) mass is 275 g/mol. The first-order valence-corrected chi connectivity index (χ1v) is 7.88. The molecule has 0 bridgehead atoms. The van der Waals surface area contributed by atoms with Gasteiger partial charge in [-0.15, -0.1) is 11.3 Å². The van der Waals surface area contributed by atoms with Crippen molar-refractivity contribution in [3.8, 4) is 0 Å². The smallest absolute Gasteiger partial charge is 0.203 e. The van der Waals surface area contributed by atoms with Crippen molar-refractivity contribution in [1.29, 1.82) is 0 Å². The second-order valence-corrected chi connectivity index (χ2v) is 6.79. The molecule has 2 aromatic heterocycles. The first kappa shape index (κ1) is 12.7. The van der Waals surface area contributed by atoms with E-state index >= 15 is 0 Å². The standard InChI is InChI=1S/C15H21N3S/c1-11-10-18(13-5-3-4-6-13)15(17-11)16-9-14-8-7-12(2)19-14/h7-8,10,13H,3-6,9H2,1-2H3,(H,16,17). The van der Waals surface area contributed by atoms with Crippen LogP contribution in [0, 0.1) is 13.8 Å². The third-order valence-electron chi connectivity index (χ3n) is 3.79. The van der Waals surface area contributed by atoms with Crippen LogP contribution in [-0.4, -0.2) is 9.55 Å². The number of nitrogens with zero attached hydrogens (tertiary/aromatic N) is 2. The van der Waals surface area contributed by atoms with Gasteiger partial charge in [0.05, 0.1) is 12.2 Å². The van der Waals surface area contributed by atoms with Gasteiger partial charge in [-0.25, -0.2) is 4.98 Å². The van der Waals surface area contributed by atoms with Crippen molar-refractivity contribution >= 4 is 17.3 Å². The Bertz CT molecular complexity index is 549. The quantitative estimate of drug-likeness (QED) is 0.902. The molecule has 1 aliphatic carbocycles. The van der Waals surface area contributed by atoms with Crippen LogP contribution in [0.4, 0.5) is 5.95 Å². The van der Waals surface area contributed by atoms with Crippen molar-refractivity contribution < 1.29 is 0 Å². The largest absolute Gasteiger partial charge is 0.351 e. The molecule has 0 atom stereocenters. The molecule has 0 aromatic carbocycles. The number of imidazole rings is 1. The Morgan fingerprint density at radius 3 is 2.79 bits per heavy atom. The number of aromatic nitrogens is 2. The maximum atomic E-state index is 4.63. The summed E-state index contributed by atoms with van der Waals surface area (Å²) in [6.07, 6.45) is 7.49. The average Bonchev–Trinajstić information content (AvgIpc) is 3.07. The third kappa shape index (κ3) is 2.84.